The minimum absolute atomic E-state index is 0.0524. The van der Waals surface area contributed by atoms with Crippen molar-refractivity contribution < 1.29 is 14.6 Å². The first-order chi connectivity index (χ1) is 11.6. The largest absolute Gasteiger partial charge is 0.487 e. The van der Waals surface area contributed by atoms with E-state index in [1.807, 2.05) is 43.5 Å². The van der Waals surface area contributed by atoms with Gasteiger partial charge in [-0.15, -0.1) is 11.3 Å². The molecule has 0 fully saturated rings. The lowest BCUT2D eigenvalue weighted by Crippen LogP contribution is -2.31. The van der Waals surface area contributed by atoms with E-state index in [4.69, 9.17) is 9.84 Å². The van der Waals surface area contributed by atoms with E-state index in [9.17, 15) is 4.79 Å². The summed E-state index contributed by atoms with van der Waals surface area (Å²) in [6.07, 6.45) is 3.76. The standard InChI is InChI=1S/C18H22N2O3S/c1-13(8-9-21)19-18(22)7-6-15-4-3-5-17(10-15)23-11-16-12-24-14(2)20-16/h3-7,10,12-13,21H,8-9,11H2,1-2H3,(H,19,22)/b7-6+. The van der Waals surface area contributed by atoms with Gasteiger partial charge in [0.2, 0.25) is 5.91 Å². The van der Waals surface area contributed by atoms with Gasteiger partial charge in [-0.25, -0.2) is 4.98 Å². The number of rotatable bonds is 8. The van der Waals surface area contributed by atoms with E-state index in [0.29, 0.717) is 13.0 Å². The molecule has 0 spiro atoms. The van der Waals surface area contributed by atoms with Crippen LogP contribution in [0, 0.1) is 6.92 Å². The molecular formula is C18H22N2O3S. The monoisotopic (exact) mass is 346 g/mol. The van der Waals surface area contributed by atoms with Crippen LogP contribution in [0.4, 0.5) is 0 Å². The number of benzene rings is 1. The Kier molecular flexibility index (Phi) is 6.96. The number of hydrogen-bond acceptors (Lipinski definition) is 5. The highest BCUT2D eigenvalue weighted by molar-refractivity contribution is 7.09. The second-order valence-corrected chi connectivity index (χ2v) is 6.54. The van der Waals surface area contributed by atoms with E-state index in [1.54, 1.807) is 17.4 Å². The molecule has 2 aromatic rings. The van der Waals surface area contributed by atoms with E-state index in [-0.39, 0.29) is 18.6 Å². The number of aromatic nitrogens is 1. The van der Waals surface area contributed by atoms with Gasteiger partial charge in [0.25, 0.3) is 0 Å². The molecule has 1 atom stereocenters. The quantitative estimate of drug-likeness (QED) is 0.721. The van der Waals surface area contributed by atoms with Crippen molar-refractivity contribution in [3.63, 3.8) is 0 Å². The first-order valence-corrected chi connectivity index (χ1v) is 8.68. The smallest absolute Gasteiger partial charge is 0.244 e. The zero-order chi connectivity index (χ0) is 17.4. The van der Waals surface area contributed by atoms with Crippen molar-refractivity contribution >= 4 is 23.3 Å². The van der Waals surface area contributed by atoms with E-state index in [2.05, 4.69) is 10.3 Å². The molecule has 1 heterocycles. The molecule has 6 heteroatoms. The van der Waals surface area contributed by atoms with Crippen molar-refractivity contribution in [2.24, 2.45) is 0 Å². The summed E-state index contributed by atoms with van der Waals surface area (Å²) in [6.45, 7) is 4.31. The highest BCUT2D eigenvalue weighted by atomic mass is 32.1. The highest BCUT2D eigenvalue weighted by Crippen LogP contribution is 2.17. The molecule has 0 saturated carbocycles. The number of nitrogens with zero attached hydrogens (tertiary/aromatic N) is 1. The van der Waals surface area contributed by atoms with Crippen molar-refractivity contribution in [1.29, 1.82) is 0 Å². The molecule has 0 aliphatic rings. The Morgan fingerprint density at radius 1 is 1.50 bits per heavy atom. The number of amides is 1. The predicted molar refractivity (Wildman–Crippen MR) is 96.0 cm³/mol. The summed E-state index contributed by atoms with van der Waals surface area (Å²) in [5.41, 5.74) is 1.79. The first-order valence-electron chi connectivity index (χ1n) is 7.80. The summed E-state index contributed by atoms with van der Waals surface area (Å²) in [6, 6.07) is 7.48. The number of aliphatic hydroxyl groups is 1. The highest BCUT2D eigenvalue weighted by Gasteiger charge is 2.04. The zero-order valence-corrected chi connectivity index (χ0v) is 14.7. The molecule has 2 rings (SSSR count). The lowest BCUT2D eigenvalue weighted by Gasteiger charge is -2.10. The fourth-order valence-electron chi connectivity index (χ4n) is 2.07. The van der Waals surface area contributed by atoms with Crippen LogP contribution < -0.4 is 10.1 Å². The van der Waals surface area contributed by atoms with Gasteiger partial charge in [-0.2, -0.15) is 0 Å². The number of carbonyl (C=O) groups excluding carboxylic acids is 1. The Morgan fingerprint density at radius 2 is 2.33 bits per heavy atom. The molecule has 0 saturated heterocycles. The summed E-state index contributed by atoms with van der Waals surface area (Å²) >= 11 is 1.60. The second kappa shape index (κ2) is 9.20. The molecule has 0 bridgehead atoms. The van der Waals surface area contributed by atoms with Crippen molar-refractivity contribution in [3.05, 3.63) is 52.0 Å². The molecule has 128 valence electrons. The Hall–Kier alpha value is -2.18. The molecule has 5 nitrogen and oxygen atoms in total. The van der Waals surface area contributed by atoms with E-state index in [0.717, 1.165) is 22.0 Å². The molecule has 24 heavy (non-hydrogen) atoms. The number of carbonyl (C=O) groups is 1. The fraction of sp³-hybridized carbons (Fsp3) is 0.333. The lowest BCUT2D eigenvalue weighted by molar-refractivity contribution is -0.117. The Morgan fingerprint density at radius 3 is 3.04 bits per heavy atom. The minimum atomic E-state index is -0.180. The summed E-state index contributed by atoms with van der Waals surface area (Å²) in [4.78, 5) is 16.1. The van der Waals surface area contributed by atoms with Gasteiger partial charge in [-0.1, -0.05) is 12.1 Å². The molecule has 1 aromatic carbocycles. The van der Waals surface area contributed by atoms with Crippen molar-refractivity contribution in [2.45, 2.75) is 32.9 Å². The van der Waals surface area contributed by atoms with Crippen molar-refractivity contribution in [1.82, 2.24) is 10.3 Å². The van der Waals surface area contributed by atoms with Gasteiger partial charge in [0.15, 0.2) is 0 Å². The number of aliphatic hydroxyl groups excluding tert-OH is 1. The molecular weight excluding hydrogens is 324 g/mol. The summed E-state index contributed by atoms with van der Waals surface area (Å²) < 4.78 is 5.73. The van der Waals surface area contributed by atoms with E-state index in [1.165, 1.54) is 6.08 Å². The summed E-state index contributed by atoms with van der Waals surface area (Å²) in [5, 5.41) is 14.6. The van der Waals surface area contributed by atoms with Crippen LogP contribution in [0.3, 0.4) is 0 Å². The third-order valence-corrected chi connectivity index (χ3v) is 4.11. The van der Waals surface area contributed by atoms with Gasteiger partial charge >= 0.3 is 0 Å². The van der Waals surface area contributed by atoms with Crippen molar-refractivity contribution in [2.75, 3.05) is 6.61 Å². The van der Waals surface area contributed by atoms with Crippen LogP contribution in [0.1, 0.15) is 29.6 Å². The lowest BCUT2D eigenvalue weighted by atomic mass is 10.2. The van der Waals surface area contributed by atoms with Crippen LogP contribution in [-0.2, 0) is 11.4 Å². The average molecular weight is 346 g/mol. The SMILES string of the molecule is Cc1nc(COc2cccc(/C=C/C(=O)NC(C)CCO)c2)cs1. The molecule has 0 aliphatic heterocycles. The summed E-state index contributed by atoms with van der Waals surface area (Å²) in [5.74, 6) is 0.553. The third-order valence-electron chi connectivity index (χ3n) is 3.29. The van der Waals surface area contributed by atoms with Gasteiger partial charge in [0, 0.05) is 24.1 Å². The van der Waals surface area contributed by atoms with Gasteiger partial charge < -0.3 is 15.2 Å². The number of ether oxygens (including phenoxy) is 1. The van der Waals surface area contributed by atoms with Gasteiger partial charge in [-0.05, 0) is 44.0 Å². The molecule has 0 aliphatic carbocycles. The van der Waals surface area contributed by atoms with Crippen LogP contribution in [-0.4, -0.2) is 28.6 Å². The number of thiazole rings is 1. The van der Waals surface area contributed by atoms with Crippen LogP contribution in [0.2, 0.25) is 0 Å². The molecule has 1 aromatic heterocycles. The summed E-state index contributed by atoms with van der Waals surface area (Å²) in [7, 11) is 0. The second-order valence-electron chi connectivity index (χ2n) is 5.47. The molecule has 2 N–H and O–H groups in total. The van der Waals surface area contributed by atoms with Gasteiger partial charge in [0.05, 0.1) is 10.7 Å². The molecule has 1 amide bonds. The maximum Gasteiger partial charge on any atom is 0.244 e. The molecule has 0 radical (unpaired) electrons. The normalized spacial score (nSPS) is 12.3. The average Bonchev–Trinajstić information content (AvgIpc) is 2.97. The van der Waals surface area contributed by atoms with Gasteiger partial charge in [0.1, 0.15) is 12.4 Å². The van der Waals surface area contributed by atoms with Crippen molar-refractivity contribution in [3.8, 4) is 5.75 Å². The van der Waals surface area contributed by atoms with Crippen LogP contribution in [0.25, 0.3) is 6.08 Å². The van der Waals surface area contributed by atoms with Gasteiger partial charge in [-0.3, -0.25) is 4.79 Å². The van der Waals surface area contributed by atoms with E-state index >= 15 is 0 Å². The number of aryl methyl sites for hydroxylation is 1. The van der Waals surface area contributed by atoms with Crippen LogP contribution in [0.5, 0.6) is 5.75 Å². The predicted octanol–water partition coefficient (Wildman–Crippen LogP) is 2.93. The maximum atomic E-state index is 11.8. The minimum Gasteiger partial charge on any atom is -0.487 e. The Labute approximate surface area is 146 Å². The zero-order valence-electron chi connectivity index (χ0n) is 13.9. The van der Waals surface area contributed by atoms with E-state index < -0.39 is 0 Å². The number of hydrogen-bond donors (Lipinski definition) is 2. The van der Waals surface area contributed by atoms with Crippen LogP contribution >= 0.6 is 11.3 Å². The first kappa shape index (κ1) is 18.2. The van der Waals surface area contributed by atoms with Crippen LogP contribution in [0.15, 0.2) is 35.7 Å². The fourth-order valence-corrected chi connectivity index (χ4v) is 2.67. The Bertz CT molecular complexity index is 697. The number of nitrogens with one attached hydrogen (secondary N) is 1. The molecule has 1 unspecified atom stereocenters. The maximum absolute atomic E-state index is 11.8. The topological polar surface area (TPSA) is 71.5 Å². The Balaban J connectivity index is 1.89. The third kappa shape index (κ3) is 6.14.